The first-order valence-corrected chi connectivity index (χ1v) is 5.19. The molecule has 0 saturated carbocycles. The average molecular weight is 235 g/mol. The van der Waals surface area contributed by atoms with Gasteiger partial charge in [0, 0.05) is 24.8 Å². The Bertz CT molecular complexity index is 448. The van der Waals surface area contributed by atoms with Gasteiger partial charge in [0.2, 0.25) is 5.91 Å². The lowest BCUT2D eigenvalue weighted by Gasteiger charge is -2.26. The third-order valence-electron chi connectivity index (χ3n) is 2.48. The number of hydrazine groups is 1. The monoisotopic (exact) mass is 235 g/mol. The number of piperazine rings is 1. The first kappa shape index (κ1) is 11.3. The van der Waals surface area contributed by atoms with E-state index < -0.39 is 0 Å². The normalized spacial score (nSPS) is 15.4. The van der Waals surface area contributed by atoms with Crippen LogP contribution < -0.4 is 16.6 Å². The van der Waals surface area contributed by atoms with Gasteiger partial charge < -0.3 is 15.6 Å². The highest BCUT2D eigenvalue weighted by Gasteiger charge is 2.22. The second-order valence-corrected chi connectivity index (χ2v) is 3.65. The van der Waals surface area contributed by atoms with Crippen LogP contribution in [0.15, 0.2) is 18.3 Å². The van der Waals surface area contributed by atoms with E-state index in [-0.39, 0.29) is 18.4 Å². The van der Waals surface area contributed by atoms with Crippen LogP contribution in [-0.2, 0) is 4.79 Å². The lowest BCUT2D eigenvalue weighted by atomic mass is 10.2. The van der Waals surface area contributed by atoms with Crippen LogP contribution in [0.3, 0.4) is 0 Å². The molecule has 1 fully saturated rings. The number of pyridine rings is 1. The Kier molecular flexibility index (Phi) is 3.20. The Morgan fingerprint density at radius 3 is 3.12 bits per heavy atom. The second kappa shape index (κ2) is 4.79. The number of nitrogens with zero attached hydrogens (tertiary/aromatic N) is 2. The molecule has 1 saturated heterocycles. The Morgan fingerprint density at radius 1 is 1.59 bits per heavy atom. The van der Waals surface area contributed by atoms with Crippen molar-refractivity contribution >= 4 is 17.6 Å². The van der Waals surface area contributed by atoms with Crippen molar-refractivity contribution in [2.75, 3.05) is 25.1 Å². The molecule has 7 nitrogen and oxygen atoms in total. The fraction of sp³-hybridized carbons (Fsp3) is 0.300. The lowest BCUT2D eigenvalue weighted by molar-refractivity contribution is -0.123. The molecule has 0 unspecified atom stereocenters. The van der Waals surface area contributed by atoms with E-state index in [0.717, 1.165) is 0 Å². The zero-order chi connectivity index (χ0) is 12.3. The van der Waals surface area contributed by atoms with Crippen molar-refractivity contribution in [3.8, 4) is 0 Å². The summed E-state index contributed by atoms with van der Waals surface area (Å²) in [5.41, 5.74) is 2.83. The first-order chi connectivity index (χ1) is 8.20. The van der Waals surface area contributed by atoms with Gasteiger partial charge in [0.1, 0.15) is 5.82 Å². The summed E-state index contributed by atoms with van der Waals surface area (Å²) < 4.78 is 0. The van der Waals surface area contributed by atoms with Gasteiger partial charge in [-0.3, -0.25) is 9.59 Å². The Labute approximate surface area is 98.0 Å². The van der Waals surface area contributed by atoms with Crippen LogP contribution in [0.1, 0.15) is 10.4 Å². The molecular formula is C10H13N5O2. The topological polar surface area (TPSA) is 100 Å². The van der Waals surface area contributed by atoms with Crippen LogP contribution in [0.2, 0.25) is 0 Å². The van der Waals surface area contributed by atoms with Crippen LogP contribution in [0.25, 0.3) is 0 Å². The minimum Gasteiger partial charge on any atom is -0.353 e. The van der Waals surface area contributed by atoms with E-state index in [9.17, 15) is 9.59 Å². The van der Waals surface area contributed by atoms with Gasteiger partial charge in [-0.15, -0.1) is 0 Å². The molecule has 4 N–H and O–H groups in total. The van der Waals surface area contributed by atoms with Crippen LogP contribution >= 0.6 is 0 Å². The standard InChI is InChI=1S/C10H13N5O2/c11-14-8-5-7(1-2-12-8)10(17)15-4-3-13-9(16)6-15/h1-2,5H,3-4,6,11H2,(H,12,14)(H,13,16). The van der Waals surface area contributed by atoms with Crippen molar-refractivity contribution in [1.82, 2.24) is 15.2 Å². The van der Waals surface area contributed by atoms with Gasteiger partial charge in [0.15, 0.2) is 0 Å². The number of hydrogen-bond donors (Lipinski definition) is 3. The van der Waals surface area contributed by atoms with Gasteiger partial charge in [0.05, 0.1) is 6.54 Å². The van der Waals surface area contributed by atoms with Gasteiger partial charge >= 0.3 is 0 Å². The fourth-order valence-electron chi connectivity index (χ4n) is 1.64. The highest BCUT2D eigenvalue weighted by atomic mass is 16.2. The summed E-state index contributed by atoms with van der Waals surface area (Å²) in [4.78, 5) is 28.7. The van der Waals surface area contributed by atoms with Gasteiger partial charge in [-0.1, -0.05) is 0 Å². The largest absolute Gasteiger partial charge is 0.353 e. The molecule has 1 aliphatic heterocycles. The summed E-state index contributed by atoms with van der Waals surface area (Å²) in [6.45, 7) is 1.09. The fourth-order valence-corrected chi connectivity index (χ4v) is 1.64. The Morgan fingerprint density at radius 2 is 2.41 bits per heavy atom. The van der Waals surface area contributed by atoms with E-state index in [1.807, 2.05) is 0 Å². The Balaban J connectivity index is 2.15. The van der Waals surface area contributed by atoms with Crippen molar-refractivity contribution in [3.05, 3.63) is 23.9 Å². The molecule has 0 radical (unpaired) electrons. The second-order valence-electron chi connectivity index (χ2n) is 3.65. The number of amides is 2. The maximum absolute atomic E-state index is 12.1. The SMILES string of the molecule is NNc1cc(C(=O)N2CCNC(=O)C2)ccn1. The molecule has 0 spiro atoms. The molecule has 2 rings (SSSR count). The summed E-state index contributed by atoms with van der Waals surface area (Å²) in [6, 6.07) is 3.14. The average Bonchev–Trinajstić information content (AvgIpc) is 2.38. The van der Waals surface area contributed by atoms with Gasteiger partial charge in [-0.05, 0) is 12.1 Å². The first-order valence-electron chi connectivity index (χ1n) is 5.19. The van der Waals surface area contributed by atoms with Crippen LogP contribution in [0, 0.1) is 0 Å². The summed E-state index contributed by atoms with van der Waals surface area (Å²) in [7, 11) is 0. The minimum atomic E-state index is -0.196. The van der Waals surface area contributed by atoms with Crippen molar-refractivity contribution in [3.63, 3.8) is 0 Å². The van der Waals surface area contributed by atoms with Crippen LogP contribution in [0.5, 0.6) is 0 Å². The van der Waals surface area contributed by atoms with Gasteiger partial charge in [-0.25, -0.2) is 10.8 Å². The van der Waals surface area contributed by atoms with E-state index in [4.69, 9.17) is 5.84 Å². The predicted molar refractivity (Wildman–Crippen MR) is 61.0 cm³/mol. The van der Waals surface area contributed by atoms with E-state index in [1.165, 1.54) is 11.1 Å². The molecule has 2 heterocycles. The van der Waals surface area contributed by atoms with E-state index >= 15 is 0 Å². The molecule has 0 aromatic carbocycles. The summed E-state index contributed by atoms with van der Waals surface area (Å²) in [5, 5.41) is 2.66. The quantitative estimate of drug-likeness (QED) is 0.448. The minimum absolute atomic E-state index is 0.0898. The lowest BCUT2D eigenvalue weighted by Crippen LogP contribution is -2.49. The number of aromatic nitrogens is 1. The van der Waals surface area contributed by atoms with E-state index in [1.54, 1.807) is 12.1 Å². The van der Waals surface area contributed by atoms with E-state index in [0.29, 0.717) is 24.5 Å². The highest BCUT2D eigenvalue weighted by Crippen LogP contribution is 2.09. The number of anilines is 1. The maximum atomic E-state index is 12.1. The third kappa shape index (κ3) is 2.51. The molecule has 0 bridgehead atoms. The molecule has 0 atom stereocenters. The van der Waals surface area contributed by atoms with Crippen LogP contribution in [-0.4, -0.2) is 41.3 Å². The molecule has 1 aromatic rings. The Hall–Kier alpha value is -2.15. The summed E-state index contributed by atoms with van der Waals surface area (Å²) in [6.07, 6.45) is 1.49. The number of nitrogen functional groups attached to an aromatic ring is 1. The molecule has 1 aromatic heterocycles. The number of carbonyl (C=O) groups is 2. The highest BCUT2D eigenvalue weighted by molar-refractivity contribution is 5.97. The predicted octanol–water partition coefficient (Wildman–Crippen LogP) is -1.06. The number of hydrogen-bond acceptors (Lipinski definition) is 5. The zero-order valence-corrected chi connectivity index (χ0v) is 9.14. The summed E-state index contributed by atoms with van der Waals surface area (Å²) >= 11 is 0. The van der Waals surface area contributed by atoms with Crippen LogP contribution in [0.4, 0.5) is 5.82 Å². The van der Waals surface area contributed by atoms with E-state index in [2.05, 4.69) is 15.7 Å². The van der Waals surface area contributed by atoms with Crippen molar-refractivity contribution in [2.45, 2.75) is 0 Å². The van der Waals surface area contributed by atoms with Crippen molar-refractivity contribution < 1.29 is 9.59 Å². The molecule has 2 amide bonds. The number of rotatable bonds is 2. The smallest absolute Gasteiger partial charge is 0.254 e. The van der Waals surface area contributed by atoms with Crippen molar-refractivity contribution in [2.24, 2.45) is 5.84 Å². The zero-order valence-electron chi connectivity index (χ0n) is 9.14. The molecule has 0 aliphatic carbocycles. The number of nitrogens with one attached hydrogen (secondary N) is 2. The molecule has 90 valence electrons. The maximum Gasteiger partial charge on any atom is 0.254 e. The third-order valence-corrected chi connectivity index (χ3v) is 2.48. The molecule has 7 heteroatoms. The number of carbonyl (C=O) groups excluding carboxylic acids is 2. The molecule has 1 aliphatic rings. The molecular weight excluding hydrogens is 222 g/mol. The van der Waals surface area contributed by atoms with Crippen molar-refractivity contribution in [1.29, 1.82) is 0 Å². The number of nitrogens with two attached hydrogens (primary N) is 1. The summed E-state index contributed by atoms with van der Waals surface area (Å²) in [5.74, 6) is 5.29. The molecule has 17 heavy (non-hydrogen) atoms. The van der Waals surface area contributed by atoms with Gasteiger partial charge in [0.25, 0.3) is 5.91 Å². The van der Waals surface area contributed by atoms with Gasteiger partial charge in [-0.2, -0.15) is 0 Å².